The van der Waals surface area contributed by atoms with E-state index in [-0.39, 0.29) is 0 Å². The predicted molar refractivity (Wildman–Crippen MR) is 75.7 cm³/mol. The van der Waals surface area contributed by atoms with Crippen molar-refractivity contribution in [3.05, 3.63) is 35.7 Å². The van der Waals surface area contributed by atoms with Gasteiger partial charge >= 0.3 is 0 Å². The Balaban J connectivity index is 2.35. The molecule has 0 spiro atoms. The largest absolute Gasteiger partial charge is 0.488 e. The van der Waals surface area contributed by atoms with Crippen LogP contribution in [0.15, 0.2) is 30.0 Å². The minimum Gasteiger partial charge on any atom is -0.488 e. The van der Waals surface area contributed by atoms with Gasteiger partial charge in [-0.05, 0) is 44.5 Å². The van der Waals surface area contributed by atoms with Crippen molar-refractivity contribution in [3.63, 3.8) is 0 Å². The van der Waals surface area contributed by atoms with E-state index >= 15 is 0 Å². The minimum absolute atomic E-state index is 0.606. The Hall–Kier alpha value is -1.35. The van der Waals surface area contributed by atoms with E-state index in [0.29, 0.717) is 12.5 Å². The molecule has 0 fully saturated rings. The van der Waals surface area contributed by atoms with Crippen LogP contribution in [0.3, 0.4) is 0 Å². The van der Waals surface area contributed by atoms with Gasteiger partial charge in [0.15, 0.2) is 0 Å². The Morgan fingerprint density at radius 1 is 1.39 bits per heavy atom. The molecule has 0 amide bonds. The molecule has 0 aliphatic carbocycles. The number of hydrogen-bond acceptors (Lipinski definition) is 3. The fraction of sp³-hybridized carbons (Fsp3) is 0.533. The van der Waals surface area contributed by atoms with Crippen molar-refractivity contribution < 1.29 is 4.74 Å². The van der Waals surface area contributed by atoms with Crippen LogP contribution in [0.5, 0.6) is 5.75 Å². The third-order valence-corrected chi connectivity index (χ3v) is 2.40. The first-order valence-corrected chi connectivity index (χ1v) is 6.49. The Bertz CT molecular complexity index is 365. The fourth-order valence-electron chi connectivity index (χ4n) is 1.39. The van der Waals surface area contributed by atoms with Gasteiger partial charge in [0.2, 0.25) is 0 Å². The molecule has 1 rings (SSSR count). The van der Waals surface area contributed by atoms with Crippen molar-refractivity contribution in [1.29, 1.82) is 0 Å². The summed E-state index contributed by atoms with van der Waals surface area (Å²) in [6.07, 6.45) is 3.84. The summed E-state index contributed by atoms with van der Waals surface area (Å²) in [7, 11) is 0. The second kappa shape index (κ2) is 7.88. The van der Waals surface area contributed by atoms with E-state index in [1.807, 2.05) is 12.1 Å². The predicted octanol–water partition coefficient (Wildman–Crippen LogP) is 3.17. The van der Waals surface area contributed by atoms with Gasteiger partial charge in [0.05, 0.1) is 11.9 Å². The number of pyridine rings is 1. The first-order valence-electron chi connectivity index (χ1n) is 6.49. The number of rotatable bonds is 7. The number of nitrogens with zero attached hydrogens (tertiary/aromatic N) is 1. The zero-order valence-electron chi connectivity index (χ0n) is 11.9. The van der Waals surface area contributed by atoms with Crippen molar-refractivity contribution in [2.75, 3.05) is 13.2 Å². The van der Waals surface area contributed by atoms with E-state index in [0.717, 1.165) is 24.5 Å². The smallest absolute Gasteiger partial charge is 0.138 e. The summed E-state index contributed by atoms with van der Waals surface area (Å²) in [4.78, 5) is 4.37. The summed E-state index contributed by atoms with van der Waals surface area (Å²) in [5.41, 5.74) is 2.31. The molecule has 3 nitrogen and oxygen atoms in total. The molecule has 0 aliphatic heterocycles. The molecule has 0 bridgehead atoms. The van der Waals surface area contributed by atoms with E-state index in [9.17, 15) is 0 Å². The van der Waals surface area contributed by atoms with Crippen LogP contribution in [0, 0.1) is 5.92 Å². The molecule has 0 radical (unpaired) electrons. The lowest BCUT2D eigenvalue weighted by Crippen LogP contribution is -2.19. The summed E-state index contributed by atoms with van der Waals surface area (Å²) in [6.45, 7) is 10.9. The monoisotopic (exact) mass is 248 g/mol. The molecule has 0 unspecified atom stereocenters. The normalized spacial score (nSPS) is 10.5. The molecule has 18 heavy (non-hydrogen) atoms. The highest BCUT2D eigenvalue weighted by atomic mass is 16.5. The van der Waals surface area contributed by atoms with Gasteiger partial charge in [0, 0.05) is 6.54 Å². The average molecular weight is 248 g/mol. The maximum atomic E-state index is 5.56. The molecule has 3 heteroatoms. The molecule has 0 atom stereocenters. The minimum atomic E-state index is 0.606. The van der Waals surface area contributed by atoms with E-state index in [1.54, 1.807) is 6.20 Å². The summed E-state index contributed by atoms with van der Waals surface area (Å²) in [6, 6.07) is 3.98. The highest BCUT2D eigenvalue weighted by Gasteiger charge is 1.98. The van der Waals surface area contributed by atoms with Crippen LogP contribution in [0.25, 0.3) is 0 Å². The molecule has 0 aromatic carbocycles. The average Bonchev–Trinajstić information content (AvgIpc) is 2.30. The van der Waals surface area contributed by atoms with Gasteiger partial charge in [-0.2, -0.15) is 0 Å². The van der Waals surface area contributed by atoms with Crippen LogP contribution in [-0.2, 0) is 6.54 Å². The molecule has 0 saturated heterocycles. The van der Waals surface area contributed by atoms with Crippen molar-refractivity contribution in [3.8, 4) is 5.75 Å². The van der Waals surface area contributed by atoms with Crippen molar-refractivity contribution in [2.24, 2.45) is 5.92 Å². The standard InChI is InChI=1S/C15H24N2O/c1-12(2)7-8-18-15-6-5-14(17-11-15)10-16-9-13(3)4/h5-7,11,13,16H,8-10H2,1-4H3. The lowest BCUT2D eigenvalue weighted by molar-refractivity contribution is 0.360. The highest BCUT2D eigenvalue weighted by Crippen LogP contribution is 2.09. The zero-order valence-corrected chi connectivity index (χ0v) is 11.9. The van der Waals surface area contributed by atoms with Crippen LogP contribution >= 0.6 is 0 Å². The van der Waals surface area contributed by atoms with Crippen LogP contribution in [0.1, 0.15) is 33.4 Å². The molecule has 0 aliphatic rings. The molecule has 1 aromatic heterocycles. The summed E-state index contributed by atoms with van der Waals surface area (Å²) in [5.74, 6) is 1.48. The number of hydrogen-bond donors (Lipinski definition) is 1. The fourth-order valence-corrected chi connectivity index (χ4v) is 1.39. The molecule has 1 heterocycles. The van der Waals surface area contributed by atoms with Crippen LogP contribution in [0.4, 0.5) is 0 Å². The lowest BCUT2D eigenvalue weighted by Gasteiger charge is -2.08. The Labute approximate surface area is 110 Å². The first-order chi connectivity index (χ1) is 8.58. The maximum Gasteiger partial charge on any atom is 0.138 e. The summed E-state index contributed by atoms with van der Waals surface area (Å²) < 4.78 is 5.56. The molecular formula is C15H24N2O. The van der Waals surface area contributed by atoms with Gasteiger partial charge in [-0.1, -0.05) is 19.4 Å². The number of allylic oxidation sites excluding steroid dienone is 1. The van der Waals surface area contributed by atoms with Gasteiger partial charge in [-0.3, -0.25) is 4.98 Å². The SMILES string of the molecule is CC(C)=CCOc1ccc(CNCC(C)C)nc1. The van der Waals surface area contributed by atoms with Crippen molar-refractivity contribution in [2.45, 2.75) is 34.2 Å². The molecule has 0 saturated carbocycles. The number of nitrogens with one attached hydrogen (secondary N) is 1. The third-order valence-electron chi connectivity index (χ3n) is 2.40. The van der Waals surface area contributed by atoms with Gasteiger partial charge in [0.1, 0.15) is 12.4 Å². The summed E-state index contributed by atoms with van der Waals surface area (Å²) in [5, 5.41) is 3.37. The van der Waals surface area contributed by atoms with Crippen molar-refractivity contribution >= 4 is 0 Å². The Morgan fingerprint density at radius 3 is 2.72 bits per heavy atom. The van der Waals surface area contributed by atoms with Crippen LogP contribution in [0.2, 0.25) is 0 Å². The van der Waals surface area contributed by atoms with E-state index in [4.69, 9.17) is 4.74 Å². The third kappa shape index (κ3) is 6.40. The van der Waals surface area contributed by atoms with E-state index in [2.05, 4.69) is 44.1 Å². The molecule has 1 aromatic rings. The van der Waals surface area contributed by atoms with Crippen molar-refractivity contribution in [1.82, 2.24) is 10.3 Å². The van der Waals surface area contributed by atoms with Gasteiger partial charge in [-0.15, -0.1) is 0 Å². The van der Waals surface area contributed by atoms with Gasteiger partial charge in [-0.25, -0.2) is 0 Å². The van der Waals surface area contributed by atoms with E-state index in [1.165, 1.54) is 5.57 Å². The maximum absolute atomic E-state index is 5.56. The highest BCUT2D eigenvalue weighted by molar-refractivity contribution is 5.20. The molecule has 100 valence electrons. The quantitative estimate of drug-likeness (QED) is 0.753. The second-order valence-corrected chi connectivity index (χ2v) is 5.10. The van der Waals surface area contributed by atoms with E-state index < -0.39 is 0 Å². The Kier molecular flexibility index (Phi) is 6.44. The summed E-state index contributed by atoms with van der Waals surface area (Å²) >= 11 is 0. The van der Waals surface area contributed by atoms with Gasteiger partial charge in [0.25, 0.3) is 0 Å². The molecule has 1 N–H and O–H groups in total. The van der Waals surface area contributed by atoms with Crippen LogP contribution in [-0.4, -0.2) is 18.1 Å². The van der Waals surface area contributed by atoms with Gasteiger partial charge < -0.3 is 10.1 Å². The second-order valence-electron chi connectivity index (χ2n) is 5.10. The first kappa shape index (κ1) is 14.7. The zero-order chi connectivity index (χ0) is 13.4. The van der Waals surface area contributed by atoms with Crippen LogP contribution < -0.4 is 10.1 Å². The lowest BCUT2D eigenvalue weighted by atomic mass is 10.2. The number of aromatic nitrogens is 1. The topological polar surface area (TPSA) is 34.1 Å². The molecular weight excluding hydrogens is 224 g/mol. The Morgan fingerprint density at radius 2 is 2.17 bits per heavy atom. The number of ether oxygens (including phenoxy) is 1.